The summed E-state index contributed by atoms with van der Waals surface area (Å²) in [6, 6.07) is 13.3. The number of benzene rings is 2. The van der Waals surface area contributed by atoms with E-state index < -0.39 is 5.97 Å². The van der Waals surface area contributed by atoms with Crippen molar-refractivity contribution in [3.05, 3.63) is 65.2 Å². The minimum Gasteiger partial charge on any atom is -0.545 e. The molecule has 0 radical (unpaired) electrons. The summed E-state index contributed by atoms with van der Waals surface area (Å²) in [5, 5.41) is 16.3. The summed E-state index contributed by atoms with van der Waals surface area (Å²) in [6.45, 7) is 4.16. The SMILES string of the molecule is CC(C)c1ccc(C(=O)NC(=S)Nc2cccc(C(=O)[O-])c2)cc1. The third-order valence-electron chi connectivity index (χ3n) is 3.42. The number of amides is 1. The van der Waals surface area contributed by atoms with Gasteiger partial charge < -0.3 is 15.2 Å². The molecule has 0 heterocycles. The first-order valence-electron chi connectivity index (χ1n) is 7.40. The molecule has 0 unspecified atom stereocenters. The van der Waals surface area contributed by atoms with Crippen LogP contribution in [0.4, 0.5) is 5.69 Å². The lowest BCUT2D eigenvalue weighted by Gasteiger charge is -2.11. The second kappa shape index (κ2) is 7.70. The highest BCUT2D eigenvalue weighted by Crippen LogP contribution is 2.15. The van der Waals surface area contributed by atoms with Crippen molar-refractivity contribution in [3.8, 4) is 0 Å². The van der Waals surface area contributed by atoms with Gasteiger partial charge in [-0.05, 0) is 53.5 Å². The molecule has 6 heteroatoms. The number of rotatable bonds is 4. The minimum absolute atomic E-state index is 0.0263. The van der Waals surface area contributed by atoms with Crippen molar-refractivity contribution >= 4 is 34.9 Å². The number of carboxylic acids is 1. The summed E-state index contributed by atoms with van der Waals surface area (Å²) < 4.78 is 0. The minimum atomic E-state index is -1.28. The fraction of sp³-hybridized carbons (Fsp3) is 0.167. The topological polar surface area (TPSA) is 81.3 Å². The Morgan fingerprint density at radius 3 is 2.29 bits per heavy atom. The van der Waals surface area contributed by atoms with Crippen molar-refractivity contribution in [3.63, 3.8) is 0 Å². The van der Waals surface area contributed by atoms with Crippen molar-refractivity contribution in [2.75, 3.05) is 5.32 Å². The first-order chi connectivity index (χ1) is 11.4. The van der Waals surface area contributed by atoms with Crippen LogP contribution in [0.3, 0.4) is 0 Å². The van der Waals surface area contributed by atoms with E-state index in [0.29, 0.717) is 17.2 Å². The summed E-state index contributed by atoms with van der Waals surface area (Å²) in [4.78, 5) is 23.0. The number of anilines is 1. The second-order valence-electron chi connectivity index (χ2n) is 5.55. The van der Waals surface area contributed by atoms with E-state index in [1.54, 1.807) is 24.3 Å². The molecule has 0 bridgehead atoms. The van der Waals surface area contributed by atoms with Crippen molar-refractivity contribution < 1.29 is 14.7 Å². The standard InChI is InChI=1S/C18H18N2O3S/c1-11(2)12-6-8-13(9-7-12)16(21)20-18(24)19-15-5-3-4-14(10-15)17(22)23/h3-11H,1-2H3,(H,22,23)(H2,19,20,21,24)/p-1. The van der Waals surface area contributed by atoms with E-state index in [0.717, 1.165) is 5.56 Å². The van der Waals surface area contributed by atoms with Crippen LogP contribution in [0.5, 0.6) is 0 Å². The zero-order valence-electron chi connectivity index (χ0n) is 13.3. The molecule has 0 fully saturated rings. The largest absolute Gasteiger partial charge is 0.545 e. The van der Waals surface area contributed by atoms with Crippen LogP contribution in [0.1, 0.15) is 46.0 Å². The molecule has 2 rings (SSSR count). The highest BCUT2D eigenvalue weighted by Gasteiger charge is 2.09. The molecule has 2 aromatic rings. The highest BCUT2D eigenvalue weighted by atomic mass is 32.1. The number of carbonyl (C=O) groups excluding carboxylic acids is 2. The van der Waals surface area contributed by atoms with E-state index in [9.17, 15) is 14.7 Å². The molecule has 0 aliphatic rings. The molecule has 0 aromatic heterocycles. The lowest BCUT2D eigenvalue weighted by molar-refractivity contribution is -0.255. The Labute approximate surface area is 145 Å². The predicted octanol–water partition coefficient (Wildman–Crippen LogP) is 2.30. The average molecular weight is 341 g/mol. The molecule has 2 aromatic carbocycles. The van der Waals surface area contributed by atoms with Crippen molar-refractivity contribution in [1.82, 2.24) is 5.32 Å². The normalized spacial score (nSPS) is 10.3. The van der Waals surface area contributed by atoms with Gasteiger partial charge in [0.1, 0.15) is 0 Å². The van der Waals surface area contributed by atoms with Gasteiger partial charge in [-0.15, -0.1) is 0 Å². The predicted molar refractivity (Wildman–Crippen MR) is 95.0 cm³/mol. The molecule has 0 aliphatic heterocycles. The number of nitrogens with one attached hydrogen (secondary N) is 2. The summed E-state index contributed by atoms with van der Waals surface area (Å²) in [5.41, 5.74) is 2.12. The Hall–Kier alpha value is -2.73. The third-order valence-corrected chi connectivity index (χ3v) is 3.63. The van der Waals surface area contributed by atoms with Gasteiger partial charge in [0.2, 0.25) is 0 Å². The van der Waals surface area contributed by atoms with Crippen LogP contribution in [-0.2, 0) is 0 Å². The van der Waals surface area contributed by atoms with Gasteiger partial charge >= 0.3 is 0 Å². The van der Waals surface area contributed by atoms with Gasteiger partial charge in [0, 0.05) is 11.3 Å². The van der Waals surface area contributed by atoms with E-state index in [2.05, 4.69) is 24.5 Å². The van der Waals surface area contributed by atoms with Gasteiger partial charge in [-0.1, -0.05) is 38.1 Å². The monoisotopic (exact) mass is 341 g/mol. The highest BCUT2D eigenvalue weighted by molar-refractivity contribution is 7.80. The first kappa shape index (κ1) is 17.6. The van der Waals surface area contributed by atoms with Gasteiger partial charge in [-0.3, -0.25) is 10.1 Å². The zero-order chi connectivity index (χ0) is 17.7. The smallest absolute Gasteiger partial charge is 0.257 e. The summed E-state index contributed by atoms with van der Waals surface area (Å²) in [7, 11) is 0. The number of aromatic carboxylic acids is 1. The lowest BCUT2D eigenvalue weighted by Crippen LogP contribution is -2.34. The molecule has 0 saturated heterocycles. The van der Waals surface area contributed by atoms with Gasteiger partial charge in [-0.2, -0.15) is 0 Å². The number of carboxylic acid groups (broad SMARTS) is 1. The van der Waals surface area contributed by atoms with E-state index in [-0.39, 0.29) is 16.6 Å². The van der Waals surface area contributed by atoms with Gasteiger partial charge in [0.25, 0.3) is 5.91 Å². The van der Waals surface area contributed by atoms with Crippen molar-refractivity contribution in [1.29, 1.82) is 0 Å². The molecule has 124 valence electrons. The Balaban J connectivity index is 2.00. The molecular weight excluding hydrogens is 324 g/mol. The van der Waals surface area contributed by atoms with Crippen LogP contribution in [0.2, 0.25) is 0 Å². The molecule has 0 aliphatic carbocycles. The molecule has 5 nitrogen and oxygen atoms in total. The quantitative estimate of drug-likeness (QED) is 0.834. The molecular formula is C18H17N2O3S-. The molecule has 2 N–H and O–H groups in total. The average Bonchev–Trinajstić information content (AvgIpc) is 2.55. The number of carbonyl (C=O) groups is 2. The maximum Gasteiger partial charge on any atom is 0.257 e. The Kier molecular flexibility index (Phi) is 5.65. The maximum absolute atomic E-state index is 12.2. The number of hydrogen-bond acceptors (Lipinski definition) is 4. The fourth-order valence-electron chi connectivity index (χ4n) is 2.08. The van der Waals surface area contributed by atoms with Crippen molar-refractivity contribution in [2.24, 2.45) is 0 Å². The number of thiocarbonyl (C=S) groups is 1. The van der Waals surface area contributed by atoms with Crippen molar-refractivity contribution in [2.45, 2.75) is 19.8 Å². The summed E-state index contributed by atoms with van der Waals surface area (Å²) in [6.07, 6.45) is 0. The van der Waals surface area contributed by atoms with E-state index in [1.165, 1.54) is 12.1 Å². The summed E-state index contributed by atoms with van der Waals surface area (Å²) >= 11 is 5.08. The number of hydrogen-bond donors (Lipinski definition) is 2. The van der Waals surface area contributed by atoms with Crippen LogP contribution < -0.4 is 15.7 Å². The van der Waals surface area contributed by atoms with E-state index in [1.807, 2.05) is 12.1 Å². The Morgan fingerprint density at radius 1 is 1.04 bits per heavy atom. The van der Waals surface area contributed by atoms with E-state index in [4.69, 9.17) is 12.2 Å². The molecule has 0 spiro atoms. The van der Waals surface area contributed by atoms with E-state index >= 15 is 0 Å². The maximum atomic E-state index is 12.2. The van der Waals surface area contributed by atoms with Gasteiger partial charge in [0.15, 0.2) is 5.11 Å². The Morgan fingerprint density at radius 2 is 1.71 bits per heavy atom. The van der Waals surface area contributed by atoms with Crippen LogP contribution in [0.15, 0.2) is 48.5 Å². The summed E-state index contributed by atoms with van der Waals surface area (Å²) in [5.74, 6) is -1.22. The van der Waals surface area contributed by atoms with Crippen LogP contribution >= 0.6 is 12.2 Å². The van der Waals surface area contributed by atoms with Gasteiger partial charge in [0.05, 0.1) is 5.97 Å². The molecule has 1 amide bonds. The lowest BCUT2D eigenvalue weighted by atomic mass is 10.0. The first-order valence-corrected chi connectivity index (χ1v) is 7.81. The van der Waals surface area contributed by atoms with Crippen LogP contribution in [0.25, 0.3) is 0 Å². The zero-order valence-corrected chi connectivity index (χ0v) is 14.1. The molecule has 0 saturated carbocycles. The van der Waals surface area contributed by atoms with Crippen LogP contribution in [0, 0.1) is 0 Å². The Bertz CT molecular complexity index is 770. The molecule has 0 atom stereocenters. The molecule has 24 heavy (non-hydrogen) atoms. The third kappa shape index (κ3) is 4.63. The fourth-order valence-corrected chi connectivity index (χ4v) is 2.29. The van der Waals surface area contributed by atoms with Crippen LogP contribution in [-0.4, -0.2) is 17.0 Å². The van der Waals surface area contributed by atoms with Gasteiger partial charge in [-0.25, -0.2) is 0 Å². The second-order valence-corrected chi connectivity index (χ2v) is 5.96.